The molecule has 3 rings (SSSR count). The van der Waals surface area contributed by atoms with Crippen molar-refractivity contribution in [2.75, 3.05) is 10.0 Å². The molecule has 0 spiro atoms. The molecule has 3 aromatic rings. The standard InChI is InChI=1S/C21H15Cl2F3N2O3S/c1-12-2-5-14(6-3-12)28-32(30,31)19-10-13(4-8-18(19)23)20(29)27-15-7-9-17(22)16(11-15)21(24,25)26/h2-11,28H,1H3,(H,27,29). The molecule has 0 saturated heterocycles. The molecule has 2 N–H and O–H groups in total. The van der Waals surface area contributed by atoms with E-state index in [-0.39, 0.29) is 21.2 Å². The fraction of sp³-hybridized carbons (Fsp3) is 0.0952. The lowest BCUT2D eigenvalue weighted by molar-refractivity contribution is -0.137. The summed E-state index contributed by atoms with van der Waals surface area (Å²) in [7, 11) is -4.15. The third kappa shape index (κ3) is 5.53. The van der Waals surface area contributed by atoms with E-state index in [0.29, 0.717) is 11.8 Å². The van der Waals surface area contributed by atoms with Gasteiger partial charge in [-0.05, 0) is 55.5 Å². The zero-order valence-electron chi connectivity index (χ0n) is 16.3. The van der Waals surface area contributed by atoms with Gasteiger partial charge < -0.3 is 5.32 Å². The number of alkyl halides is 3. The fourth-order valence-corrected chi connectivity index (χ4v) is 4.52. The third-order valence-corrected chi connectivity index (χ3v) is 6.51. The van der Waals surface area contributed by atoms with Crippen LogP contribution in [0.25, 0.3) is 0 Å². The van der Waals surface area contributed by atoms with Crippen molar-refractivity contribution in [3.63, 3.8) is 0 Å². The Bertz CT molecular complexity index is 1280. The van der Waals surface area contributed by atoms with E-state index in [0.717, 1.165) is 17.7 Å². The van der Waals surface area contributed by atoms with Crippen LogP contribution in [0.1, 0.15) is 21.5 Å². The van der Waals surface area contributed by atoms with Gasteiger partial charge in [-0.2, -0.15) is 13.2 Å². The lowest BCUT2D eigenvalue weighted by atomic mass is 10.1. The molecule has 11 heteroatoms. The predicted molar refractivity (Wildman–Crippen MR) is 118 cm³/mol. The largest absolute Gasteiger partial charge is 0.417 e. The Labute approximate surface area is 192 Å². The van der Waals surface area contributed by atoms with Gasteiger partial charge in [-0.25, -0.2) is 8.42 Å². The number of aryl methyl sites for hydroxylation is 1. The summed E-state index contributed by atoms with van der Waals surface area (Å²) < 4.78 is 67.0. The number of carbonyl (C=O) groups excluding carboxylic acids is 1. The second kappa shape index (κ2) is 9.01. The van der Waals surface area contributed by atoms with Crippen LogP contribution in [0, 0.1) is 6.92 Å². The molecule has 0 aliphatic rings. The number of anilines is 2. The van der Waals surface area contributed by atoms with Gasteiger partial charge in [0.2, 0.25) is 0 Å². The first kappa shape index (κ1) is 23.9. The number of carbonyl (C=O) groups is 1. The van der Waals surface area contributed by atoms with Crippen LogP contribution in [0.3, 0.4) is 0 Å². The van der Waals surface area contributed by atoms with E-state index >= 15 is 0 Å². The first-order chi connectivity index (χ1) is 14.9. The Kier molecular flexibility index (Phi) is 6.73. The molecule has 3 aromatic carbocycles. The highest BCUT2D eigenvalue weighted by Gasteiger charge is 2.33. The maximum Gasteiger partial charge on any atom is 0.417 e. The minimum Gasteiger partial charge on any atom is -0.322 e. The molecule has 0 aromatic heterocycles. The van der Waals surface area contributed by atoms with Crippen LogP contribution in [0.2, 0.25) is 10.0 Å². The van der Waals surface area contributed by atoms with Crippen molar-refractivity contribution in [3.8, 4) is 0 Å². The van der Waals surface area contributed by atoms with Crippen molar-refractivity contribution in [1.29, 1.82) is 0 Å². The van der Waals surface area contributed by atoms with Crippen molar-refractivity contribution in [3.05, 3.63) is 87.4 Å². The van der Waals surface area contributed by atoms with Crippen LogP contribution >= 0.6 is 23.2 Å². The molecule has 0 aliphatic heterocycles. The Hall–Kier alpha value is -2.75. The van der Waals surface area contributed by atoms with E-state index in [4.69, 9.17) is 23.2 Å². The van der Waals surface area contributed by atoms with Gasteiger partial charge in [-0.3, -0.25) is 9.52 Å². The minimum absolute atomic E-state index is 0.123. The smallest absolute Gasteiger partial charge is 0.322 e. The van der Waals surface area contributed by atoms with Crippen LogP contribution in [0.5, 0.6) is 0 Å². The van der Waals surface area contributed by atoms with E-state index in [1.54, 1.807) is 24.3 Å². The van der Waals surface area contributed by atoms with E-state index in [2.05, 4.69) is 10.0 Å². The predicted octanol–water partition coefficient (Wildman–Crippen LogP) is 6.37. The van der Waals surface area contributed by atoms with Crippen LogP contribution in [-0.2, 0) is 16.2 Å². The highest BCUT2D eigenvalue weighted by atomic mass is 35.5. The fourth-order valence-electron chi connectivity index (χ4n) is 2.71. The molecule has 0 fully saturated rings. The minimum atomic E-state index is -4.71. The molecule has 0 bridgehead atoms. The van der Waals surface area contributed by atoms with E-state index in [9.17, 15) is 26.4 Å². The maximum absolute atomic E-state index is 13.0. The number of sulfonamides is 1. The summed E-state index contributed by atoms with van der Waals surface area (Å²) in [5.41, 5.74) is -0.174. The van der Waals surface area contributed by atoms with Crippen LogP contribution < -0.4 is 10.0 Å². The van der Waals surface area contributed by atoms with Gasteiger partial charge in [0.1, 0.15) is 4.90 Å². The van der Waals surface area contributed by atoms with Gasteiger partial charge >= 0.3 is 6.18 Å². The summed E-state index contributed by atoms with van der Waals surface area (Å²) in [6.07, 6.45) is -4.71. The van der Waals surface area contributed by atoms with E-state index in [1.807, 2.05) is 6.92 Å². The second-order valence-corrected chi connectivity index (χ2v) is 9.23. The van der Waals surface area contributed by atoms with Crippen molar-refractivity contribution in [2.24, 2.45) is 0 Å². The van der Waals surface area contributed by atoms with Crippen molar-refractivity contribution in [1.82, 2.24) is 0 Å². The second-order valence-electron chi connectivity index (χ2n) is 6.76. The monoisotopic (exact) mass is 502 g/mol. The molecule has 168 valence electrons. The quantitative estimate of drug-likeness (QED) is 0.425. The Morgan fingerprint density at radius 3 is 2.09 bits per heavy atom. The summed E-state index contributed by atoms with van der Waals surface area (Å²) in [6.45, 7) is 1.84. The Balaban J connectivity index is 1.88. The zero-order chi connectivity index (χ0) is 23.7. The molecule has 0 atom stereocenters. The molecule has 0 aliphatic carbocycles. The summed E-state index contributed by atoms with van der Waals surface area (Å²) >= 11 is 11.6. The van der Waals surface area contributed by atoms with Crippen molar-refractivity contribution in [2.45, 2.75) is 18.0 Å². The average molecular weight is 503 g/mol. The summed E-state index contributed by atoms with van der Waals surface area (Å²) in [5, 5.41) is 1.65. The van der Waals surface area contributed by atoms with Crippen LogP contribution in [0.15, 0.2) is 65.6 Å². The number of benzene rings is 3. The normalized spacial score (nSPS) is 11.8. The average Bonchev–Trinajstić information content (AvgIpc) is 2.70. The number of amides is 1. The first-order valence-electron chi connectivity index (χ1n) is 8.94. The lowest BCUT2D eigenvalue weighted by Gasteiger charge is -2.13. The van der Waals surface area contributed by atoms with Crippen LogP contribution in [0.4, 0.5) is 24.5 Å². The summed E-state index contributed by atoms with van der Waals surface area (Å²) in [6, 6.07) is 12.9. The van der Waals surface area contributed by atoms with Crippen molar-refractivity contribution < 1.29 is 26.4 Å². The molecular weight excluding hydrogens is 488 g/mol. The molecule has 5 nitrogen and oxygen atoms in total. The van der Waals surface area contributed by atoms with Gasteiger partial charge in [0.05, 0.1) is 15.6 Å². The van der Waals surface area contributed by atoms with Gasteiger partial charge in [0.15, 0.2) is 0 Å². The van der Waals surface area contributed by atoms with Gasteiger partial charge in [-0.15, -0.1) is 0 Å². The van der Waals surface area contributed by atoms with E-state index in [1.165, 1.54) is 18.2 Å². The summed E-state index contributed by atoms with van der Waals surface area (Å²) in [5.74, 6) is -0.830. The molecule has 0 unspecified atom stereocenters. The topological polar surface area (TPSA) is 75.3 Å². The number of rotatable bonds is 5. The third-order valence-electron chi connectivity index (χ3n) is 4.32. The lowest BCUT2D eigenvalue weighted by Crippen LogP contribution is -2.17. The maximum atomic E-state index is 13.0. The molecule has 0 radical (unpaired) electrons. The zero-order valence-corrected chi connectivity index (χ0v) is 18.6. The molecule has 1 amide bonds. The molecular formula is C21H15Cl2F3N2O3S. The Morgan fingerprint density at radius 2 is 1.47 bits per heavy atom. The van der Waals surface area contributed by atoms with Gasteiger partial charge in [-0.1, -0.05) is 40.9 Å². The van der Waals surface area contributed by atoms with Gasteiger partial charge in [0, 0.05) is 16.9 Å². The first-order valence-corrected chi connectivity index (χ1v) is 11.2. The Morgan fingerprint density at radius 1 is 0.875 bits per heavy atom. The highest BCUT2D eigenvalue weighted by molar-refractivity contribution is 7.92. The highest BCUT2D eigenvalue weighted by Crippen LogP contribution is 2.36. The van der Waals surface area contributed by atoms with Crippen LogP contribution in [-0.4, -0.2) is 14.3 Å². The SMILES string of the molecule is Cc1ccc(NS(=O)(=O)c2cc(C(=O)Nc3ccc(Cl)c(C(F)(F)F)c3)ccc2Cl)cc1. The number of nitrogens with one attached hydrogen (secondary N) is 2. The van der Waals surface area contributed by atoms with Gasteiger partial charge in [0.25, 0.3) is 15.9 Å². The molecule has 0 heterocycles. The molecule has 0 saturated carbocycles. The van der Waals surface area contributed by atoms with E-state index < -0.39 is 32.7 Å². The summed E-state index contributed by atoms with van der Waals surface area (Å²) in [4.78, 5) is 12.2. The number of hydrogen-bond donors (Lipinski definition) is 2. The molecule has 32 heavy (non-hydrogen) atoms. The number of halogens is 5. The van der Waals surface area contributed by atoms with Crippen molar-refractivity contribution >= 4 is 50.5 Å². The number of hydrogen-bond acceptors (Lipinski definition) is 3.